The molecule has 168 valence electrons. The van der Waals surface area contributed by atoms with Crippen LogP contribution in [0.5, 0.6) is 0 Å². The summed E-state index contributed by atoms with van der Waals surface area (Å²) >= 11 is 0. The predicted octanol–water partition coefficient (Wildman–Crippen LogP) is 0.482. The van der Waals surface area contributed by atoms with Gasteiger partial charge in [0.05, 0.1) is 17.0 Å². The Kier molecular flexibility index (Phi) is 5.18. The molecule has 4 fully saturated rings. The molecule has 0 saturated carbocycles. The van der Waals surface area contributed by atoms with Gasteiger partial charge in [-0.25, -0.2) is 13.2 Å². The molecule has 9 nitrogen and oxygen atoms in total. The van der Waals surface area contributed by atoms with E-state index in [-0.39, 0.29) is 36.1 Å². The monoisotopic (exact) mass is 448 g/mol. The quantitative estimate of drug-likeness (QED) is 0.710. The Morgan fingerprint density at radius 3 is 2.48 bits per heavy atom. The van der Waals surface area contributed by atoms with E-state index in [2.05, 4.69) is 5.32 Å². The van der Waals surface area contributed by atoms with Gasteiger partial charge in [0.1, 0.15) is 6.61 Å². The fraction of sp³-hybridized carbons (Fsp3) is 0.619. The molecule has 31 heavy (non-hydrogen) atoms. The fourth-order valence-electron chi connectivity index (χ4n) is 5.18. The summed E-state index contributed by atoms with van der Waals surface area (Å²) in [5, 5.41) is 2.93. The molecule has 2 atom stereocenters. The first-order chi connectivity index (χ1) is 14.9. The SMILES string of the molecule is O=C1CO[C@H]2CCN(C(=O)N3CCC4(CC3)CN(S(=O)(=O)c3ccccc3)C4)C[C@H]2N1. The largest absolute Gasteiger partial charge is 0.366 e. The highest BCUT2D eigenvalue weighted by Crippen LogP contribution is 2.43. The van der Waals surface area contributed by atoms with E-state index >= 15 is 0 Å². The molecule has 1 aromatic carbocycles. The Bertz CT molecular complexity index is 953. The van der Waals surface area contributed by atoms with Gasteiger partial charge in [-0.1, -0.05) is 18.2 Å². The number of ether oxygens (including phenoxy) is 1. The number of urea groups is 1. The molecule has 1 aromatic rings. The summed E-state index contributed by atoms with van der Waals surface area (Å²) in [5.74, 6) is -0.129. The van der Waals surface area contributed by atoms with Crippen molar-refractivity contribution in [3.05, 3.63) is 30.3 Å². The highest BCUT2D eigenvalue weighted by atomic mass is 32.2. The molecule has 1 spiro atoms. The predicted molar refractivity (Wildman–Crippen MR) is 112 cm³/mol. The van der Waals surface area contributed by atoms with E-state index in [4.69, 9.17) is 4.74 Å². The molecular formula is C21H28N4O5S. The third kappa shape index (κ3) is 3.81. The van der Waals surface area contributed by atoms with Crippen molar-refractivity contribution in [2.75, 3.05) is 45.9 Å². The van der Waals surface area contributed by atoms with Crippen LogP contribution < -0.4 is 5.32 Å². The summed E-state index contributed by atoms with van der Waals surface area (Å²) in [4.78, 5) is 28.6. The minimum absolute atomic E-state index is 0.00112. The second kappa shape index (κ2) is 7.75. The minimum Gasteiger partial charge on any atom is -0.366 e. The Morgan fingerprint density at radius 1 is 1.06 bits per heavy atom. The van der Waals surface area contributed by atoms with Gasteiger partial charge in [-0.15, -0.1) is 0 Å². The topological polar surface area (TPSA) is 99.3 Å². The molecule has 4 heterocycles. The molecule has 0 aliphatic carbocycles. The number of carbonyl (C=O) groups is 2. The number of piperidine rings is 2. The zero-order valence-corrected chi connectivity index (χ0v) is 18.2. The maximum Gasteiger partial charge on any atom is 0.320 e. The summed E-state index contributed by atoms with van der Waals surface area (Å²) in [6, 6.07) is 8.40. The highest BCUT2D eigenvalue weighted by molar-refractivity contribution is 7.89. The molecule has 4 saturated heterocycles. The number of hydrogen-bond acceptors (Lipinski definition) is 5. The van der Waals surface area contributed by atoms with Crippen LogP contribution in [0.15, 0.2) is 35.2 Å². The van der Waals surface area contributed by atoms with Crippen LogP contribution in [0.3, 0.4) is 0 Å². The van der Waals surface area contributed by atoms with Gasteiger partial charge < -0.3 is 19.9 Å². The van der Waals surface area contributed by atoms with Crippen LogP contribution in [-0.4, -0.2) is 92.5 Å². The lowest BCUT2D eigenvalue weighted by atomic mass is 9.73. The zero-order chi connectivity index (χ0) is 21.6. The van der Waals surface area contributed by atoms with E-state index in [1.807, 2.05) is 4.90 Å². The van der Waals surface area contributed by atoms with Crippen molar-refractivity contribution in [3.8, 4) is 0 Å². The zero-order valence-electron chi connectivity index (χ0n) is 17.4. The Morgan fingerprint density at radius 2 is 1.77 bits per heavy atom. The molecule has 4 aliphatic heterocycles. The molecule has 0 aromatic heterocycles. The van der Waals surface area contributed by atoms with E-state index in [1.165, 1.54) is 0 Å². The van der Waals surface area contributed by atoms with Crippen molar-refractivity contribution in [3.63, 3.8) is 0 Å². The normalized spacial score (nSPS) is 28.6. The lowest BCUT2D eigenvalue weighted by molar-refractivity contribution is -0.139. The van der Waals surface area contributed by atoms with Crippen LogP contribution in [0.2, 0.25) is 0 Å². The Labute approximate surface area is 182 Å². The smallest absolute Gasteiger partial charge is 0.320 e. The third-order valence-electron chi connectivity index (χ3n) is 7.09. The second-order valence-electron chi connectivity index (χ2n) is 9.11. The number of amides is 3. The van der Waals surface area contributed by atoms with Gasteiger partial charge in [0, 0.05) is 44.7 Å². The van der Waals surface area contributed by atoms with Crippen molar-refractivity contribution in [1.29, 1.82) is 0 Å². The van der Waals surface area contributed by atoms with Gasteiger partial charge in [0.25, 0.3) is 0 Å². The van der Waals surface area contributed by atoms with Crippen molar-refractivity contribution in [2.24, 2.45) is 5.41 Å². The maximum absolute atomic E-state index is 13.0. The van der Waals surface area contributed by atoms with E-state index in [9.17, 15) is 18.0 Å². The number of likely N-dealkylation sites (tertiary alicyclic amines) is 2. The Hall–Kier alpha value is -2.17. The van der Waals surface area contributed by atoms with Crippen LogP contribution in [0, 0.1) is 5.41 Å². The van der Waals surface area contributed by atoms with Crippen molar-refractivity contribution in [2.45, 2.75) is 36.3 Å². The standard InChI is InChI=1S/C21H28N4O5S/c26-19-13-30-18-6-9-24(12-17(18)22-19)20(27)23-10-7-21(8-11-23)14-25(15-21)31(28,29)16-4-2-1-3-5-16/h1-5,17-18H,6-15H2,(H,22,26)/t17-,18+/m1/s1. The molecular weight excluding hydrogens is 420 g/mol. The molecule has 0 unspecified atom stereocenters. The molecule has 4 aliphatic rings. The number of carbonyl (C=O) groups excluding carboxylic acids is 2. The van der Waals surface area contributed by atoms with E-state index in [0.29, 0.717) is 44.2 Å². The maximum atomic E-state index is 13.0. The number of sulfonamides is 1. The van der Waals surface area contributed by atoms with Crippen molar-refractivity contribution < 1.29 is 22.7 Å². The number of hydrogen-bond donors (Lipinski definition) is 1. The van der Waals surface area contributed by atoms with Gasteiger partial charge in [0.15, 0.2) is 0 Å². The van der Waals surface area contributed by atoms with Gasteiger partial charge in [-0.2, -0.15) is 4.31 Å². The molecule has 0 bridgehead atoms. The summed E-state index contributed by atoms with van der Waals surface area (Å²) in [7, 11) is -3.44. The fourth-order valence-corrected chi connectivity index (χ4v) is 6.86. The number of benzene rings is 1. The van der Waals surface area contributed by atoms with Gasteiger partial charge >= 0.3 is 6.03 Å². The number of morpholine rings is 1. The Balaban J connectivity index is 1.14. The van der Waals surface area contributed by atoms with Crippen molar-refractivity contribution in [1.82, 2.24) is 19.4 Å². The number of nitrogens with zero attached hydrogens (tertiary/aromatic N) is 3. The summed E-state index contributed by atoms with van der Waals surface area (Å²) in [5.41, 5.74) is -0.0309. The van der Waals surface area contributed by atoms with Crippen LogP contribution in [0.4, 0.5) is 4.79 Å². The van der Waals surface area contributed by atoms with E-state index in [0.717, 1.165) is 19.3 Å². The summed E-state index contributed by atoms with van der Waals surface area (Å²) in [6.45, 7) is 3.49. The minimum atomic E-state index is -3.44. The molecule has 10 heteroatoms. The molecule has 1 N–H and O–H groups in total. The van der Waals surface area contributed by atoms with Gasteiger partial charge in [0.2, 0.25) is 15.9 Å². The molecule has 5 rings (SSSR count). The van der Waals surface area contributed by atoms with Gasteiger partial charge in [-0.3, -0.25) is 4.79 Å². The van der Waals surface area contributed by atoms with Crippen LogP contribution in [-0.2, 0) is 19.6 Å². The van der Waals surface area contributed by atoms with Gasteiger partial charge in [-0.05, 0) is 31.4 Å². The third-order valence-corrected chi connectivity index (χ3v) is 8.90. The summed E-state index contributed by atoms with van der Waals surface area (Å²) in [6.07, 6.45) is 2.32. The lowest BCUT2D eigenvalue weighted by Crippen LogP contribution is -2.64. The lowest BCUT2D eigenvalue weighted by Gasteiger charge is -2.53. The van der Waals surface area contributed by atoms with Crippen LogP contribution in [0.25, 0.3) is 0 Å². The second-order valence-corrected chi connectivity index (χ2v) is 11.1. The van der Waals surface area contributed by atoms with Crippen LogP contribution >= 0.6 is 0 Å². The molecule has 0 radical (unpaired) electrons. The first-order valence-corrected chi connectivity index (χ1v) is 12.3. The van der Waals surface area contributed by atoms with E-state index in [1.54, 1.807) is 39.5 Å². The number of nitrogens with one attached hydrogen (secondary N) is 1. The number of fused-ring (bicyclic) bond motifs is 1. The first kappa shape index (κ1) is 20.7. The average molecular weight is 449 g/mol. The molecule has 3 amide bonds. The van der Waals surface area contributed by atoms with Crippen LogP contribution in [0.1, 0.15) is 19.3 Å². The average Bonchev–Trinajstić information content (AvgIpc) is 2.77. The highest BCUT2D eigenvalue weighted by Gasteiger charge is 2.50. The number of rotatable bonds is 2. The summed E-state index contributed by atoms with van der Waals surface area (Å²) < 4.78 is 32.7. The first-order valence-electron chi connectivity index (χ1n) is 10.9. The van der Waals surface area contributed by atoms with E-state index < -0.39 is 10.0 Å². The van der Waals surface area contributed by atoms with Crippen molar-refractivity contribution >= 4 is 22.0 Å².